The average molecular weight is 256 g/mol. The number of hydrogen-bond donors (Lipinski definition) is 1. The summed E-state index contributed by atoms with van der Waals surface area (Å²) in [5, 5.41) is 4.62. The fourth-order valence-corrected chi connectivity index (χ4v) is 4.18. The summed E-state index contributed by atoms with van der Waals surface area (Å²) in [4.78, 5) is 2.46. The van der Waals surface area contributed by atoms with Crippen LogP contribution in [0.3, 0.4) is 0 Å². The summed E-state index contributed by atoms with van der Waals surface area (Å²) < 4.78 is 0. The maximum Gasteiger partial charge on any atom is 0.0184 e. The molecule has 2 saturated heterocycles. The van der Waals surface area contributed by atoms with Gasteiger partial charge in [0.05, 0.1) is 0 Å². The van der Waals surface area contributed by atoms with E-state index in [1.165, 1.54) is 57.5 Å². The maximum atomic E-state index is 3.80. The van der Waals surface area contributed by atoms with Crippen molar-refractivity contribution in [2.75, 3.05) is 32.4 Å². The summed E-state index contributed by atoms with van der Waals surface area (Å²) in [5.41, 5.74) is 0. The Hall–Kier alpha value is 0.270. The summed E-state index contributed by atoms with van der Waals surface area (Å²) in [6.45, 7) is 6.24. The van der Waals surface area contributed by atoms with Gasteiger partial charge in [-0.3, -0.25) is 0 Å². The molecular weight excluding hydrogens is 228 g/mol. The lowest BCUT2D eigenvalue weighted by Crippen LogP contribution is -2.40. The van der Waals surface area contributed by atoms with E-state index in [4.69, 9.17) is 0 Å². The number of piperidine rings is 1. The monoisotopic (exact) mass is 256 g/mol. The SMILES string of the molecule is CC1SCCCC1NCCC1CCN(C)CC1. The smallest absolute Gasteiger partial charge is 0.0184 e. The molecule has 2 unspecified atom stereocenters. The summed E-state index contributed by atoms with van der Waals surface area (Å²) in [6.07, 6.45) is 7.00. The lowest BCUT2D eigenvalue weighted by molar-refractivity contribution is 0.210. The van der Waals surface area contributed by atoms with Crippen molar-refractivity contribution in [2.45, 2.75) is 50.3 Å². The number of nitrogens with one attached hydrogen (secondary N) is 1. The van der Waals surface area contributed by atoms with Crippen LogP contribution in [0.2, 0.25) is 0 Å². The average Bonchev–Trinajstić information content (AvgIpc) is 2.34. The third-order valence-electron chi connectivity index (χ3n) is 4.40. The van der Waals surface area contributed by atoms with Crippen LogP contribution >= 0.6 is 11.8 Å². The standard InChI is InChI=1S/C14H28N2S/c1-12-14(4-3-11-17-12)15-8-5-13-6-9-16(2)10-7-13/h12-15H,3-11H2,1-2H3. The Morgan fingerprint density at radius 3 is 2.71 bits per heavy atom. The number of likely N-dealkylation sites (tertiary alicyclic amines) is 1. The molecule has 0 aliphatic carbocycles. The van der Waals surface area contributed by atoms with Crippen molar-refractivity contribution in [3.05, 3.63) is 0 Å². The highest BCUT2D eigenvalue weighted by Crippen LogP contribution is 2.25. The van der Waals surface area contributed by atoms with Crippen LogP contribution in [0.25, 0.3) is 0 Å². The normalized spacial score (nSPS) is 32.8. The Bertz CT molecular complexity index is 214. The predicted molar refractivity (Wildman–Crippen MR) is 77.8 cm³/mol. The molecule has 0 aromatic rings. The molecule has 100 valence electrons. The van der Waals surface area contributed by atoms with Crippen LogP contribution < -0.4 is 5.32 Å². The van der Waals surface area contributed by atoms with Gasteiger partial charge < -0.3 is 10.2 Å². The first kappa shape index (κ1) is 13.7. The Labute approximate surface area is 111 Å². The molecule has 3 heteroatoms. The van der Waals surface area contributed by atoms with E-state index in [1.54, 1.807) is 0 Å². The molecule has 2 nitrogen and oxygen atoms in total. The first-order valence-corrected chi connectivity index (χ1v) is 8.34. The number of rotatable bonds is 4. The fourth-order valence-electron chi connectivity index (χ4n) is 3.01. The molecular formula is C14H28N2S. The van der Waals surface area contributed by atoms with Gasteiger partial charge in [0.1, 0.15) is 0 Å². The Morgan fingerprint density at radius 1 is 1.24 bits per heavy atom. The minimum atomic E-state index is 0.778. The van der Waals surface area contributed by atoms with Crippen molar-refractivity contribution in [2.24, 2.45) is 5.92 Å². The highest BCUT2D eigenvalue weighted by Gasteiger charge is 2.22. The maximum absolute atomic E-state index is 3.80. The van der Waals surface area contributed by atoms with Gasteiger partial charge in [-0.1, -0.05) is 6.92 Å². The molecule has 1 N–H and O–H groups in total. The second-order valence-corrected chi connectivity index (χ2v) is 7.30. The lowest BCUT2D eigenvalue weighted by Gasteiger charge is -2.32. The second kappa shape index (κ2) is 7.01. The van der Waals surface area contributed by atoms with Gasteiger partial charge >= 0.3 is 0 Å². The highest BCUT2D eigenvalue weighted by molar-refractivity contribution is 7.99. The minimum Gasteiger partial charge on any atom is -0.313 e. The molecule has 0 radical (unpaired) electrons. The van der Waals surface area contributed by atoms with Gasteiger partial charge in [-0.05, 0) is 70.5 Å². The van der Waals surface area contributed by atoms with Crippen molar-refractivity contribution in [1.82, 2.24) is 10.2 Å². The van der Waals surface area contributed by atoms with Crippen molar-refractivity contribution in [1.29, 1.82) is 0 Å². The molecule has 2 rings (SSSR count). The van der Waals surface area contributed by atoms with Crippen LogP contribution in [0.4, 0.5) is 0 Å². The molecule has 0 amide bonds. The third-order valence-corrected chi connectivity index (χ3v) is 5.78. The number of thioether (sulfide) groups is 1. The molecule has 2 atom stereocenters. The lowest BCUT2D eigenvalue weighted by atomic mass is 9.93. The summed E-state index contributed by atoms with van der Waals surface area (Å²) in [7, 11) is 2.25. The quantitative estimate of drug-likeness (QED) is 0.832. The topological polar surface area (TPSA) is 15.3 Å². The van der Waals surface area contributed by atoms with Gasteiger partial charge in [0, 0.05) is 11.3 Å². The molecule has 0 aromatic heterocycles. The number of hydrogen-bond acceptors (Lipinski definition) is 3. The molecule has 17 heavy (non-hydrogen) atoms. The summed E-state index contributed by atoms with van der Waals surface area (Å²) >= 11 is 2.14. The van der Waals surface area contributed by atoms with E-state index in [0.29, 0.717) is 0 Å². The van der Waals surface area contributed by atoms with E-state index >= 15 is 0 Å². The first-order valence-electron chi connectivity index (χ1n) is 7.29. The Morgan fingerprint density at radius 2 is 2.00 bits per heavy atom. The van der Waals surface area contributed by atoms with Gasteiger partial charge in [0.2, 0.25) is 0 Å². The zero-order chi connectivity index (χ0) is 12.1. The zero-order valence-electron chi connectivity index (χ0n) is 11.5. The van der Waals surface area contributed by atoms with Crippen LogP contribution in [0.1, 0.15) is 39.0 Å². The largest absolute Gasteiger partial charge is 0.313 e. The van der Waals surface area contributed by atoms with Gasteiger partial charge in [-0.25, -0.2) is 0 Å². The molecule has 2 aliphatic rings. The second-order valence-electron chi connectivity index (χ2n) is 5.81. The minimum absolute atomic E-state index is 0.778. The molecule has 0 bridgehead atoms. The molecule has 2 aliphatic heterocycles. The van der Waals surface area contributed by atoms with E-state index < -0.39 is 0 Å². The van der Waals surface area contributed by atoms with E-state index in [1.807, 2.05) is 0 Å². The highest BCUT2D eigenvalue weighted by atomic mass is 32.2. The Kier molecular flexibility index (Phi) is 5.64. The van der Waals surface area contributed by atoms with E-state index in [0.717, 1.165) is 17.2 Å². The van der Waals surface area contributed by atoms with Crippen molar-refractivity contribution in [3.8, 4) is 0 Å². The van der Waals surface area contributed by atoms with Gasteiger partial charge in [0.25, 0.3) is 0 Å². The van der Waals surface area contributed by atoms with Gasteiger partial charge in [0.15, 0.2) is 0 Å². The molecule has 0 saturated carbocycles. The Balaban J connectivity index is 1.59. The molecule has 2 fully saturated rings. The van der Waals surface area contributed by atoms with E-state index in [9.17, 15) is 0 Å². The van der Waals surface area contributed by atoms with Gasteiger partial charge in [-0.15, -0.1) is 0 Å². The van der Waals surface area contributed by atoms with Crippen LogP contribution in [0, 0.1) is 5.92 Å². The van der Waals surface area contributed by atoms with Crippen LogP contribution in [-0.4, -0.2) is 48.6 Å². The van der Waals surface area contributed by atoms with Crippen molar-refractivity contribution >= 4 is 11.8 Å². The predicted octanol–water partition coefficient (Wildman–Crippen LogP) is 2.59. The third kappa shape index (κ3) is 4.46. The molecule has 0 aromatic carbocycles. The first-order chi connectivity index (χ1) is 8.25. The number of nitrogens with zero attached hydrogens (tertiary/aromatic N) is 1. The van der Waals surface area contributed by atoms with Crippen molar-refractivity contribution in [3.63, 3.8) is 0 Å². The summed E-state index contributed by atoms with van der Waals surface area (Å²) in [6, 6.07) is 0.778. The van der Waals surface area contributed by atoms with Crippen LogP contribution in [0.15, 0.2) is 0 Å². The molecule has 2 heterocycles. The van der Waals surface area contributed by atoms with E-state index in [2.05, 4.69) is 35.9 Å². The van der Waals surface area contributed by atoms with Gasteiger partial charge in [-0.2, -0.15) is 11.8 Å². The molecule has 0 spiro atoms. The van der Waals surface area contributed by atoms with Crippen molar-refractivity contribution < 1.29 is 0 Å². The fraction of sp³-hybridized carbons (Fsp3) is 1.00. The van der Waals surface area contributed by atoms with E-state index in [-0.39, 0.29) is 0 Å². The zero-order valence-corrected chi connectivity index (χ0v) is 12.3. The van der Waals surface area contributed by atoms with Crippen LogP contribution in [-0.2, 0) is 0 Å². The van der Waals surface area contributed by atoms with Crippen LogP contribution in [0.5, 0.6) is 0 Å². The summed E-state index contributed by atoms with van der Waals surface area (Å²) in [5.74, 6) is 2.35.